The number of nitrogens with one attached hydrogen (secondary N) is 1. The Morgan fingerprint density at radius 3 is 3.06 bits per heavy atom. The van der Waals surface area contributed by atoms with Crippen molar-refractivity contribution in [3.05, 3.63) is 23.5 Å². The van der Waals surface area contributed by atoms with Crippen LogP contribution < -0.4 is 10.1 Å². The highest BCUT2D eigenvalue weighted by Gasteiger charge is 2.21. The Morgan fingerprint density at radius 2 is 2.39 bits per heavy atom. The van der Waals surface area contributed by atoms with E-state index in [0.717, 1.165) is 36.7 Å². The third kappa shape index (κ3) is 3.43. The van der Waals surface area contributed by atoms with Crippen molar-refractivity contribution < 1.29 is 9.47 Å². The van der Waals surface area contributed by atoms with E-state index < -0.39 is 0 Å². The monoisotopic (exact) mass is 250 g/mol. The average Bonchev–Trinajstić information content (AvgIpc) is 2.89. The van der Waals surface area contributed by atoms with E-state index in [0.29, 0.717) is 12.1 Å². The summed E-state index contributed by atoms with van der Waals surface area (Å²) in [5.41, 5.74) is 1.99. The number of rotatable bonds is 5. The third-order valence-electron chi connectivity index (χ3n) is 3.34. The first-order valence-corrected chi connectivity index (χ1v) is 6.55. The molecule has 2 rings (SSSR count). The van der Waals surface area contributed by atoms with Gasteiger partial charge in [0.1, 0.15) is 5.75 Å². The molecule has 4 nitrogen and oxygen atoms in total. The van der Waals surface area contributed by atoms with Gasteiger partial charge in [0.05, 0.1) is 18.9 Å². The highest BCUT2D eigenvalue weighted by atomic mass is 16.5. The van der Waals surface area contributed by atoms with E-state index in [2.05, 4.69) is 17.2 Å². The molecule has 0 spiro atoms. The van der Waals surface area contributed by atoms with Crippen LogP contribution in [0.5, 0.6) is 5.75 Å². The molecule has 1 saturated heterocycles. The van der Waals surface area contributed by atoms with Gasteiger partial charge in [-0.05, 0) is 26.7 Å². The highest BCUT2D eigenvalue weighted by Crippen LogP contribution is 2.17. The molecular weight excluding hydrogens is 228 g/mol. The summed E-state index contributed by atoms with van der Waals surface area (Å²) in [6.07, 6.45) is 2.67. The quantitative estimate of drug-likeness (QED) is 0.868. The maximum atomic E-state index is 5.66. The Labute approximate surface area is 109 Å². The zero-order valence-corrected chi connectivity index (χ0v) is 11.4. The fourth-order valence-corrected chi connectivity index (χ4v) is 2.31. The van der Waals surface area contributed by atoms with Crippen LogP contribution in [0.1, 0.15) is 31.2 Å². The first kappa shape index (κ1) is 13.3. The van der Waals surface area contributed by atoms with Crippen molar-refractivity contribution in [1.29, 1.82) is 0 Å². The lowest BCUT2D eigenvalue weighted by Crippen LogP contribution is -2.36. The summed E-state index contributed by atoms with van der Waals surface area (Å²) in [7, 11) is 1.68. The normalized spacial score (nSPS) is 20.9. The fourth-order valence-electron chi connectivity index (χ4n) is 2.31. The molecule has 2 heterocycles. The van der Waals surface area contributed by atoms with Gasteiger partial charge < -0.3 is 14.8 Å². The Balaban J connectivity index is 1.90. The minimum absolute atomic E-state index is 0.344. The van der Waals surface area contributed by atoms with Gasteiger partial charge in [-0.15, -0.1) is 0 Å². The van der Waals surface area contributed by atoms with Crippen molar-refractivity contribution in [3.8, 4) is 5.75 Å². The van der Waals surface area contributed by atoms with Crippen molar-refractivity contribution in [3.63, 3.8) is 0 Å². The van der Waals surface area contributed by atoms with Gasteiger partial charge in [0.25, 0.3) is 0 Å². The number of nitrogens with zero attached hydrogens (tertiary/aromatic N) is 1. The Morgan fingerprint density at radius 1 is 1.56 bits per heavy atom. The van der Waals surface area contributed by atoms with Gasteiger partial charge in [-0.3, -0.25) is 4.98 Å². The summed E-state index contributed by atoms with van der Waals surface area (Å²) in [6.45, 7) is 5.80. The zero-order chi connectivity index (χ0) is 13.0. The molecule has 0 aliphatic carbocycles. The lowest BCUT2D eigenvalue weighted by Gasteiger charge is -2.20. The maximum absolute atomic E-state index is 5.66. The van der Waals surface area contributed by atoms with Crippen LogP contribution in [0.2, 0.25) is 0 Å². The van der Waals surface area contributed by atoms with Crippen LogP contribution >= 0.6 is 0 Å². The van der Waals surface area contributed by atoms with Gasteiger partial charge in [-0.1, -0.05) is 0 Å². The summed E-state index contributed by atoms with van der Waals surface area (Å²) in [6, 6.07) is 4.27. The summed E-state index contributed by atoms with van der Waals surface area (Å²) in [4.78, 5) is 4.50. The van der Waals surface area contributed by atoms with Crippen molar-refractivity contribution in [2.24, 2.45) is 0 Å². The molecule has 0 bridgehead atoms. The van der Waals surface area contributed by atoms with Gasteiger partial charge in [0.2, 0.25) is 0 Å². The molecule has 0 amide bonds. The number of hydrogen-bond acceptors (Lipinski definition) is 4. The van der Waals surface area contributed by atoms with Crippen LogP contribution in [0.4, 0.5) is 0 Å². The van der Waals surface area contributed by atoms with E-state index in [1.54, 1.807) is 7.11 Å². The SMILES string of the molecule is COc1cc(C)nc(CNC(C)C2CCCO2)c1. The molecular formula is C14H22N2O2. The fraction of sp³-hybridized carbons (Fsp3) is 0.643. The topological polar surface area (TPSA) is 43.4 Å². The minimum atomic E-state index is 0.344. The second-order valence-corrected chi connectivity index (χ2v) is 4.86. The first-order chi connectivity index (χ1) is 8.69. The summed E-state index contributed by atoms with van der Waals surface area (Å²) in [5.74, 6) is 0.865. The summed E-state index contributed by atoms with van der Waals surface area (Å²) < 4.78 is 10.9. The number of pyridine rings is 1. The van der Waals surface area contributed by atoms with Gasteiger partial charge in [0.15, 0.2) is 0 Å². The zero-order valence-electron chi connectivity index (χ0n) is 11.4. The van der Waals surface area contributed by atoms with E-state index in [4.69, 9.17) is 9.47 Å². The van der Waals surface area contributed by atoms with Gasteiger partial charge >= 0.3 is 0 Å². The molecule has 1 aromatic heterocycles. The molecule has 2 unspecified atom stereocenters. The molecule has 0 saturated carbocycles. The first-order valence-electron chi connectivity index (χ1n) is 6.55. The minimum Gasteiger partial charge on any atom is -0.497 e. The number of aromatic nitrogens is 1. The number of aryl methyl sites for hydroxylation is 1. The van der Waals surface area contributed by atoms with Crippen LogP contribution in [0.3, 0.4) is 0 Å². The molecule has 18 heavy (non-hydrogen) atoms. The number of hydrogen-bond donors (Lipinski definition) is 1. The lowest BCUT2D eigenvalue weighted by atomic mass is 10.1. The Hall–Kier alpha value is -1.13. The van der Waals surface area contributed by atoms with Crippen molar-refractivity contribution in [1.82, 2.24) is 10.3 Å². The predicted molar refractivity (Wildman–Crippen MR) is 70.8 cm³/mol. The van der Waals surface area contributed by atoms with Gasteiger partial charge in [-0.2, -0.15) is 0 Å². The smallest absolute Gasteiger partial charge is 0.122 e. The van der Waals surface area contributed by atoms with Crippen molar-refractivity contribution >= 4 is 0 Å². The van der Waals surface area contributed by atoms with E-state index in [1.165, 1.54) is 6.42 Å². The molecule has 1 fully saturated rings. The lowest BCUT2D eigenvalue weighted by molar-refractivity contribution is 0.0831. The van der Waals surface area contributed by atoms with E-state index >= 15 is 0 Å². The molecule has 1 aliphatic rings. The molecule has 2 atom stereocenters. The molecule has 4 heteroatoms. The second-order valence-electron chi connectivity index (χ2n) is 4.86. The van der Waals surface area contributed by atoms with Crippen LogP contribution in [-0.2, 0) is 11.3 Å². The largest absolute Gasteiger partial charge is 0.497 e. The van der Waals surface area contributed by atoms with Gasteiger partial charge in [0, 0.05) is 37.0 Å². The molecule has 0 aromatic carbocycles. The molecule has 1 aliphatic heterocycles. The second kappa shape index (κ2) is 6.16. The van der Waals surface area contributed by atoms with Crippen LogP contribution in [0, 0.1) is 6.92 Å². The third-order valence-corrected chi connectivity index (χ3v) is 3.34. The predicted octanol–water partition coefficient (Wildman–Crippen LogP) is 2.06. The standard InChI is InChI=1S/C14H22N2O2/c1-10-7-13(17-3)8-12(16-10)9-15-11(2)14-5-4-6-18-14/h7-8,11,14-15H,4-6,9H2,1-3H3. The van der Waals surface area contributed by atoms with Crippen LogP contribution in [0.15, 0.2) is 12.1 Å². The van der Waals surface area contributed by atoms with Crippen molar-refractivity contribution in [2.45, 2.75) is 45.4 Å². The number of ether oxygens (including phenoxy) is 2. The molecule has 1 N–H and O–H groups in total. The van der Waals surface area contributed by atoms with Gasteiger partial charge in [-0.25, -0.2) is 0 Å². The average molecular weight is 250 g/mol. The van der Waals surface area contributed by atoms with E-state index in [1.807, 2.05) is 19.1 Å². The Bertz CT molecular complexity index is 389. The van der Waals surface area contributed by atoms with Crippen molar-refractivity contribution in [2.75, 3.05) is 13.7 Å². The van der Waals surface area contributed by atoms with Crippen LogP contribution in [-0.4, -0.2) is 30.8 Å². The molecule has 1 aromatic rings. The number of methoxy groups -OCH3 is 1. The summed E-state index contributed by atoms with van der Waals surface area (Å²) >= 11 is 0. The molecule has 0 radical (unpaired) electrons. The Kier molecular flexibility index (Phi) is 4.55. The highest BCUT2D eigenvalue weighted by molar-refractivity contribution is 5.26. The van der Waals surface area contributed by atoms with Crippen LogP contribution in [0.25, 0.3) is 0 Å². The maximum Gasteiger partial charge on any atom is 0.122 e. The van der Waals surface area contributed by atoms with E-state index in [-0.39, 0.29) is 0 Å². The molecule has 100 valence electrons. The summed E-state index contributed by atoms with van der Waals surface area (Å²) in [5, 5.41) is 3.48. The van der Waals surface area contributed by atoms with E-state index in [9.17, 15) is 0 Å².